The first-order chi connectivity index (χ1) is 8.74. The third kappa shape index (κ3) is 3.46. The Labute approximate surface area is 111 Å². The predicted molar refractivity (Wildman–Crippen MR) is 73.4 cm³/mol. The lowest BCUT2D eigenvalue weighted by Gasteiger charge is -2.37. The Kier molecular flexibility index (Phi) is 5.46. The predicted octanol–water partition coefficient (Wildman–Crippen LogP) is 2.02. The Morgan fingerprint density at radius 2 is 2.06 bits per heavy atom. The highest BCUT2D eigenvalue weighted by atomic mass is 16.3. The molecule has 1 aliphatic carbocycles. The molecule has 0 bridgehead atoms. The maximum absolute atomic E-state index is 10.2. The number of nitrogens with zero attached hydrogens (tertiary/aromatic N) is 1. The van der Waals surface area contributed by atoms with Crippen molar-refractivity contribution in [3.05, 3.63) is 0 Å². The summed E-state index contributed by atoms with van der Waals surface area (Å²) in [6.45, 7) is 4.63. The van der Waals surface area contributed by atoms with Crippen LogP contribution in [0.15, 0.2) is 0 Å². The van der Waals surface area contributed by atoms with Gasteiger partial charge in [-0.25, -0.2) is 0 Å². The quantitative estimate of drug-likeness (QED) is 0.790. The van der Waals surface area contributed by atoms with Crippen LogP contribution in [0.25, 0.3) is 0 Å². The summed E-state index contributed by atoms with van der Waals surface area (Å²) in [4.78, 5) is 2.40. The summed E-state index contributed by atoms with van der Waals surface area (Å²) in [6.07, 6.45) is 8.15. The van der Waals surface area contributed by atoms with Gasteiger partial charge < -0.3 is 10.2 Å². The molecule has 4 unspecified atom stereocenters. The second kappa shape index (κ2) is 6.88. The molecular weight excluding hydrogens is 226 g/mol. The van der Waals surface area contributed by atoms with Crippen molar-refractivity contribution in [1.82, 2.24) is 4.90 Å². The molecule has 2 rings (SSSR count). The number of rotatable bonds is 5. The number of hydrogen-bond donors (Lipinski definition) is 2. The van der Waals surface area contributed by atoms with Crippen LogP contribution in [0.5, 0.6) is 0 Å². The van der Waals surface area contributed by atoms with E-state index in [2.05, 4.69) is 11.8 Å². The van der Waals surface area contributed by atoms with E-state index in [1.165, 1.54) is 32.1 Å². The number of aliphatic hydroxyl groups is 2. The van der Waals surface area contributed by atoms with Gasteiger partial charge in [0, 0.05) is 12.6 Å². The third-order valence-electron chi connectivity index (χ3n) is 4.93. The molecule has 1 aliphatic heterocycles. The maximum atomic E-state index is 10.2. The molecule has 1 saturated heterocycles. The van der Waals surface area contributed by atoms with E-state index in [1.54, 1.807) is 0 Å². The Balaban J connectivity index is 1.86. The number of likely N-dealkylation sites (tertiary alicyclic amines) is 1. The van der Waals surface area contributed by atoms with Crippen LogP contribution >= 0.6 is 0 Å². The highest BCUT2D eigenvalue weighted by Gasteiger charge is 2.33. The van der Waals surface area contributed by atoms with Gasteiger partial charge in [0.05, 0.1) is 12.7 Å². The monoisotopic (exact) mass is 255 g/mol. The fraction of sp³-hybridized carbons (Fsp3) is 1.00. The first-order valence-electron chi connectivity index (χ1n) is 7.77. The molecule has 2 N–H and O–H groups in total. The summed E-state index contributed by atoms with van der Waals surface area (Å²) in [5, 5.41) is 19.5. The molecule has 1 saturated carbocycles. The summed E-state index contributed by atoms with van der Waals surface area (Å²) in [5.74, 6) is 1.25. The van der Waals surface area contributed by atoms with Crippen LogP contribution in [-0.2, 0) is 0 Å². The molecular formula is C15H29NO2. The summed E-state index contributed by atoms with van der Waals surface area (Å²) < 4.78 is 0. The standard InChI is InChI=1S/C15H29NO2/c1-2-4-12-6-7-15(18)13(9-12)10-16-8-3-5-14(16)11-17/h12-15,17-18H,2-11H2,1H3. The van der Waals surface area contributed by atoms with Crippen molar-refractivity contribution in [1.29, 1.82) is 0 Å². The third-order valence-corrected chi connectivity index (χ3v) is 4.93. The van der Waals surface area contributed by atoms with Gasteiger partial charge in [-0.3, -0.25) is 4.90 Å². The number of aliphatic hydroxyl groups excluding tert-OH is 2. The van der Waals surface area contributed by atoms with Crippen LogP contribution in [0.4, 0.5) is 0 Å². The molecule has 4 atom stereocenters. The second-order valence-corrected chi connectivity index (χ2v) is 6.27. The van der Waals surface area contributed by atoms with E-state index in [0.29, 0.717) is 12.0 Å². The molecule has 1 heterocycles. The average Bonchev–Trinajstić information content (AvgIpc) is 2.81. The molecule has 106 valence electrons. The van der Waals surface area contributed by atoms with Crippen molar-refractivity contribution in [2.75, 3.05) is 19.7 Å². The van der Waals surface area contributed by atoms with Gasteiger partial charge in [0.25, 0.3) is 0 Å². The van der Waals surface area contributed by atoms with Crippen molar-refractivity contribution < 1.29 is 10.2 Å². The van der Waals surface area contributed by atoms with E-state index in [9.17, 15) is 10.2 Å². The van der Waals surface area contributed by atoms with Crippen LogP contribution in [-0.4, -0.2) is 47.0 Å². The van der Waals surface area contributed by atoms with E-state index in [0.717, 1.165) is 31.8 Å². The highest BCUT2D eigenvalue weighted by molar-refractivity contribution is 4.86. The summed E-state index contributed by atoms with van der Waals surface area (Å²) in [6, 6.07) is 0.351. The maximum Gasteiger partial charge on any atom is 0.0586 e. The van der Waals surface area contributed by atoms with E-state index < -0.39 is 0 Å². The Morgan fingerprint density at radius 3 is 2.78 bits per heavy atom. The minimum atomic E-state index is -0.113. The van der Waals surface area contributed by atoms with Gasteiger partial charge in [-0.15, -0.1) is 0 Å². The molecule has 0 aromatic heterocycles. The highest BCUT2D eigenvalue weighted by Crippen LogP contribution is 2.33. The van der Waals surface area contributed by atoms with Crippen LogP contribution in [0.3, 0.4) is 0 Å². The van der Waals surface area contributed by atoms with Gasteiger partial charge in [-0.05, 0) is 50.5 Å². The van der Waals surface area contributed by atoms with Crippen molar-refractivity contribution >= 4 is 0 Å². The minimum absolute atomic E-state index is 0.113. The van der Waals surface area contributed by atoms with Crippen LogP contribution in [0.2, 0.25) is 0 Å². The number of hydrogen-bond acceptors (Lipinski definition) is 3. The molecule has 3 heteroatoms. The molecule has 0 amide bonds. The van der Waals surface area contributed by atoms with Gasteiger partial charge in [-0.1, -0.05) is 19.8 Å². The van der Waals surface area contributed by atoms with Crippen molar-refractivity contribution in [3.63, 3.8) is 0 Å². The lowest BCUT2D eigenvalue weighted by atomic mass is 9.77. The van der Waals surface area contributed by atoms with Gasteiger partial charge >= 0.3 is 0 Å². The van der Waals surface area contributed by atoms with Gasteiger partial charge in [0.15, 0.2) is 0 Å². The normalized spacial score (nSPS) is 38.2. The van der Waals surface area contributed by atoms with Crippen molar-refractivity contribution in [3.8, 4) is 0 Å². The Morgan fingerprint density at radius 1 is 1.22 bits per heavy atom. The van der Waals surface area contributed by atoms with Gasteiger partial charge in [-0.2, -0.15) is 0 Å². The molecule has 2 fully saturated rings. The van der Waals surface area contributed by atoms with Crippen LogP contribution < -0.4 is 0 Å². The lowest BCUT2D eigenvalue weighted by Crippen LogP contribution is -2.42. The molecule has 3 nitrogen and oxygen atoms in total. The van der Waals surface area contributed by atoms with Crippen LogP contribution in [0, 0.1) is 11.8 Å². The largest absolute Gasteiger partial charge is 0.395 e. The van der Waals surface area contributed by atoms with E-state index in [1.807, 2.05) is 0 Å². The summed E-state index contributed by atoms with van der Waals surface area (Å²) in [7, 11) is 0. The fourth-order valence-electron chi connectivity index (χ4n) is 3.86. The molecule has 0 aromatic carbocycles. The first kappa shape index (κ1) is 14.3. The minimum Gasteiger partial charge on any atom is -0.395 e. The summed E-state index contributed by atoms with van der Waals surface area (Å²) in [5.41, 5.74) is 0. The van der Waals surface area contributed by atoms with E-state index >= 15 is 0 Å². The van der Waals surface area contributed by atoms with Gasteiger partial charge in [0.1, 0.15) is 0 Å². The molecule has 0 spiro atoms. The topological polar surface area (TPSA) is 43.7 Å². The molecule has 18 heavy (non-hydrogen) atoms. The van der Waals surface area contributed by atoms with E-state index in [-0.39, 0.29) is 12.7 Å². The van der Waals surface area contributed by atoms with Crippen LogP contribution in [0.1, 0.15) is 51.9 Å². The zero-order valence-electron chi connectivity index (χ0n) is 11.7. The molecule has 0 aromatic rings. The average molecular weight is 255 g/mol. The SMILES string of the molecule is CCCC1CCC(O)C(CN2CCCC2CO)C1. The van der Waals surface area contributed by atoms with E-state index in [4.69, 9.17) is 0 Å². The zero-order valence-corrected chi connectivity index (χ0v) is 11.7. The first-order valence-corrected chi connectivity index (χ1v) is 7.77. The second-order valence-electron chi connectivity index (χ2n) is 6.27. The summed E-state index contributed by atoms with van der Waals surface area (Å²) >= 11 is 0. The Hall–Kier alpha value is -0.120. The smallest absolute Gasteiger partial charge is 0.0586 e. The lowest BCUT2D eigenvalue weighted by molar-refractivity contribution is 0.0187. The zero-order chi connectivity index (χ0) is 13.0. The van der Waals surface area contributed by atoms with Crippen molar-refractivity contribution in [2.24, 2.45) is 11.8 Å². The van der Waals surface area contributed by atoms with Crippen molar-refractivity contribution in [2.45, 2.75) is 64.0 Å². The fourth-order valence-corrected chi connectivity index (χ4v) is 3.86. The Bertz CT molecular complexity index is 247. The van der Waals surface area contributed by atoms with Gasteiger partial charge in [0.2, 0.25) is 0 Å². The molecule has 2 aliphatic rings. The molecule has 0 radical (unpaired) electrons.